The van der Waals surface area contributed by atoms with E-state index in [1.165, 1.54) is 10.5 Å². The van der Waals surface area contributed by atoms with E-state index in [0.717, 1.165) is 20.3 Å². The molecule has 1 aromatic heterocycles. The number of carbonyl (C=O) groups is 1. The van der Waals surface area contributed by atoms with Crippen molar-refractivity contribution in [2.24, 2.45) is 5.10 Å². The van der Waals surface area contributed by atoms with Crippen LogP contribution in [0.1, 0.15) is 21.7 Å². The maximum Gasteiger partial charge on any atom is 0.307 e. The van der Waals surface area contributed by atoms with Gasteiger partial charge >= 0.3 is 5.91 Å². The van der Waals surface area contributed by atoms with Crippen LogP contribution in [0.4, 0.5) is 0 Å². The fraction of sp³-hybridized carbons (Fsp3) is 0.0435. The first kappa shape index (κ1) is 19.5. The average molecular weight is 465 g/mol. The van der Waals surface area contributed by atoms with Crippen LogP contribution >= 0.6 is 27.7 Å². The largest absolute Gasteiger partial charge is 0.451 e. The molecule has 0 unspecified atom stereocenters. The minimum atomic E-state index is -0.389. The molecular formula is C23H17BrN2O2S. The standard InChI is InChI=1S/C23H17BrN2O2S/c1-15-2-7-19(8-3-15)29-20-9-4-16(5-10-20)14-25-26-23(27)22-13-17-12-18(24)6-11-21(17)28-22/h2-14H,1H3,(H,26,27)/b25-14+. The summed E-state index contributed by atoms with van der Waals surface area (Å²) in [6.45, 7) is 2.08. The zero-order chi connectivity index (χ0) is 20.2. The van der Waals surface area contributed by atoms with E-state index in [4.69, 9.17) is 4.42 Å². The van der Waals surface area contributed by atoms with E-state index < -0.39 is 0 Å². The SMILES string of the molecule is Cc1ccc(Sc2ccc(/C=N/NC(=O)c3cc4cc(Br)ccc4o3)cc2)cc1. The van der Waals surface area contributed by atoms with E-state index in [1.54, 1.807) is 24.0 Å². The molecular weight excluding hydrogens is 448 g/mol. The van der Waals surface area contributed by atoms with E-state index in [1.807, 2.05) is 42.5 Å². The first-order valence-corrected chi connectivity index (χ1v) is 10.5. The van der Waals surface area contributed by atoms with E-state index in [9.17, 15) is 4.79 Å². The summed E-state index contributed by atoms with van der Waals surface area (Å²) in [5, 5.41) is 4.89. The number of nitrogens with one attached hydrogen (secondary N) is 1. The van der Waals surface area contributed by atoms with E-state index in [0.29, 0.717) is 5.58 Å². The van der Waals surface area contributed by atoms with Crippen LogP contribution in [0.3, 0.4) is 0 Å². The lowest BCUT2D eigenvalue weighted by Gasteiger charge is -2.02. The fourth-order valence-corrected chi connectivity index (χ4v) is 3.91. The molecule has 0 saturated carbocycles. The van der Waals surface area contributed by atoms with Crippen molar-refractivity contribution in [3.05, 3.63) is 94.2 Å². The summed E-state index contributed by atoms with van der Waals surface area (Å²) < 4.78 is 6.49. The highest BCUT2D eigenvalue weighted by Gasteiger charge is 2.11. The van der Waals surface area contributed by atoms with Crippen LogP contribution < -0.4 is 5.43 Å². The summed E-state index contributed by atoms with van der Waals surface area (Å²) >= 11 is 5.11. The van der Waals surface area contributed by atoms with Crippen LogP contribution in [0.25, 0.3) is 11.0 Å². The van der Waals surface area contributed by atoms with Crippen molar-refractivity contribution in [3.63, 3.8) is 0 Å². The van der Waals surface area contributed by atoms with Crippen LogP contribution in [-0.2, 0) is 0 Å². The van der Waals surface area contributed by atoms with Gasteiger partial charge in [0.05, 0.1) is 6.21 Å². The average Bonchev–Trinajstić information content (AvgIpc) is 3.14. The monoisotopic (exact) mass is 464 g/mol. The molecule has 0 aliphatic heterocycles. The van der Waals surface area contributed by atoms with Gasteiger partial charge in [-0.2, -0.15) is 5.10 Å². The second-order valence-corrected chi connectivity index (χ2v) is 8.54. The first-order chi connectivity index (χ1) is 14.1. The molecule has 29 heavy (non-hydrogen) atoms. The molecule has 4 nitrogen and oxygen atoms in total. The molecule has 0 saturated heterocycles. The highest BCUT2D eigenvalue weighted by molar-refractivity contribution is 9.10. The second-order valence-electron chi connectivity index (χ2n) is 6.48. The van der Waals surface area contributed by atoms with Gasteiger partial charge in [0.25, 0.3) is 0 Å². The lowest BCUT2D eigenvalue weighted by molar-refractivity contribution is 0.0929. The number of hydrogen-bond donors (Lipinski definition) is 1. The summed E-state index contributed by atoms with van der Waals surface area (Å²) in [6, 6.07) is 23.7. The lowest BCUT2D eigenvalue weighted by atomic mass is 10.2. The van der Waals surface area contributed by atoms with Crippen molar-refractivity contribution in [2.45, 2.75) is 16.7 Å². The van der Waals surface area contributed by atoms with Crippen LogP contribution in [0.5, 0.6) is 0 Å². The Morgan fingerprint density at radius 3 is 2.41 bits per heavy atom. The summed E-state index contributed by atoms with van der Waals surface area (Å²) in [7, 11) is 0. The summed E-state index contributed by atoms with van der Waals surface area (Å²) in [5.74, 6) is -0.166. The number of hydrazone groups is 1. The van der Waals surface area contributed by atoms with Crippen molar-refractivity contribution in [2.75, 3.05) is 0 Å². The molecule has 4 rings (SSSR count). The second kappa shape index (κ2) is 8.68. The molecule has 0 spiro atoms. The number of benzene rings is 3. The lowest BCUT2D eigenvalue weighted by Crippen LogP contribution is -2.16. The Hall–Kier alpha value is -2.83. The predicted octanol–water partition coefficient (Wildman–Crippen LogP) is 6.42. The molecule has 0 fully saturated rings. The minimum Gasteiger partial charge on any atom is -0.451 e. The normalized spacial score (nSPS) is 11.2. The topological polar surface area (TPSA) is 54.6 Å². The van der Waals surface area contributed by atoms with Gasteiger partial charge in [0, 0.05) is 19.6 Å². The number of carbonyl (C=O) groups excluding carboxylic acids is 1. The molecule has 0 bridgehead atoms. The summed E-state index contributed by atoms with van der Waals surface area (Å²) in [6.07, 6.45) is 1.61. The minimum absolute atomic E-state index is 0.222. The quantitative estimate of drug-likeness (QED) is 0.273. The van der Waals surface area contributed by atoms with Crippen LogP contribution in [-0.4, -0.2) is 12.1 Å². The molecule has 0 atom stereocenters. The third-order valence-electron chi connectivity index (χ3n) is 4.22. The van der Waals surface area contributed by atoms with Gasteiger partial charge in [-0.25, -0.2) is 5.43 Å². The molecule has 3 aromatic carbocycles. The highest BCUT2D eigenvalue weighted by Crippen LogP contribution is 2.27. The van der Waals surface area contributed by atoms with Gasteiger partial charge in [-0.05, 0) is 61.0 Å². The van der Waals surface area contributed by atoms with Gasteiger partial charge in [0.1, 0.15) is 5.58 Å². The molecule has 1 N–H and O–H groups in total. The Balaban J connectivity index is 1.37. The van der Waals surface area contributed by atoms with Crippen molar-refractivity contribution >= 4 is 50.8 Å². The molecule has 1 heterocycles. The highest BCUT2D eigenvalue weighted by atomic mass is 79.9. The van der Waals surface area contributed by atoms with Gasteiger partial charge in [0.15, 0.2) is 5.76 Å². The Labute approximate surface area is 181 Å². The van der Waals surface area contributed by atoms with Crippen molar-refractivity contribution in [1.29, 1.82) is 0 Å². The molecule has 0 aliphatic carbocycles. The number of aryl methyl sites for hydroxylation is 1. The van der Waals surface area contributed by atoms with Crippen LogP contribution in [0.15, 0.2) is 96.6 Å². The smallest absolute Gasteiger partial charge is 0.307 e. The maximum atomic E-state index is 12.2. The number of furan rings is 1. The van der Waals surface area contributed by atoms with E-state index >= 15 is 0 Å². The van der Waals surface area contributed by atoms with Gasteiger partial charge in [0.2, 0.25) is 0 Å². The number of amides is 1. The van der Waals surface area contributed by atoms with Crippen LogP contribution in [0, 0.1) is 6.92 Å². The van der Waals surface area contributed by atoms with Gasteiger partial charge in [-0.3, -0.25) is 4.79 Å². The predicted molar refractivity (Wildman–Crippen MR) is 121 cm³/mol. The van der Waals surface area contributed by atoms with Crippen LogP contribution in [0.2, 0.25) is 0 Å². The number of halogens is 1. The number of rotatable bonds is 5. The van der Waals surface area contributed by atoms with Gasteiger partial charge in [-0.1, -0.05) is 57.5 Å². The van der Waals surface area contributed by atoms with E-state index in [2.05, 4.69) is 57.6 Å². The third-order valence-corrected chi connectivity index (χ3v) is 5.73. The number of nitrogens with zero attached hydrogens (tertiary/aromatic N) is 1. The van der Waals surface area contributed by atoms with Gasteiger partial charge < -0.3 is 4.42 Å². The number of hydrogen-bond acceptors (Lipinski definition) is 4. The van der Waals surface area contributed by atoms with Crippen molar-refractivity contribution < 1.29 is 9.21 Å². The summed E-state index contributed by atoms with van der Waals surface area (Å²) in [4.78, 5) is 14.6. The zero-order valence-corrected chi connectivity index (χ0v) is 18.0. The van der Waals surface area contributed by atoms with E-state index in [-0.39, 0.29) is 11.7 Å². The summed E-state index contributed by atoms with van der Waals surface area (Å²) in [5.41, 5.74) is 5.30. The Kier molecular flexibility index (Phi) is 5.83. The molecule has 6 heteroatoms. The van der Waals surface area contributed by atoms with Crippen molar-refractivity contribution in [1.82, 2.24) is 5.43 Å². The van der Waals surface area contributed by atoms with Gasteiger partial charge in [-0.15, -0.1) is 0 Å². The molecule has 0 radical (unpaired) electrons. The molecule has 1 amide bonds. The third kappa shape index (κ3) is 4.96. The molecule has 0 aliphatic rings. The Morgan fingerprint density at radius 1 is 1.00 bits per heavy atom. The number of fused-ring (bicyclic) bond motifs is 1. The zero-order valence-electron chi connectivity index (χ0n) is 15.6. The first-order valence-electron chi connectivity index (χ1n) is 8.94. The Morgan fingerprint density at radius 2 is 1.69 bits per heavy atom. The van der Waals surface area contributed by atoms with Crippen molar-refractivity contribution in [3.8, 4) is 0 Å². The molecule has 4 aromatic rings. The Bertz CT molecular complexity index is 1180. The molecule has 144 valence electrons. The maximum absolute atomic E-state index is 12.2. The fourth-order valence-electron chi connectivity index (χ4n) is 2.71.